The Bertz CT molecular complexity index is 1510. The van der Waals surface area contributed by atoms with E-state index in [1.165, 1.54) is 12.1 Å². The lowest BCUT2D eigenvalue weighted by atomic mass is 9.87. The summed E-state index contributed by atoms with van der Waals surface area (Å²) in [5, 5.41) is 19.0. The van der Waals surface area contributed by atoms with Gasteiger partial charge in [-0.1, -0.05) is 0 Å². The molecule has 0 heterocycles. The predicted molar refractivity (Wildman–Crippen MR) is 120 cm³/mol. The van der Waals surface area contributed by atoms with Gasteiger partial charge in [-0.3, -0.25) is 0 Å². The monoisotopic (exact) mass is 590 g/mol. The van der Waals surface area contributed by atoms with Crippen molar-refractivity contribution in [2.75, 3.05) is 11.5 Å². The molecule has 0 radical (unpaired) electrons. The van der Waals surface area contributed by atoms with Gasteiger partial charge in [0, 0.05) is 22.5 Å². The summed E-state index contributed by atoms with van der Waals surface area (Å²) in [6.45, 7) is 0. The zero-order valence-corrected chi connectivity index (χ0v) is 19.2. The van der Waals surface area contributed by atoms with E-state index in [-0.39, 0.29) is 32.3 Å². The van der Waals surface area contributed by atoms with Crippen molar-refractivity contribution in [2.24, 2.45) is 0 Å². The summed E-state index contributed by atoms with van der Waals surface area (Å²) in [7, 11) is 0. The van der Waals surface area contributed by atoms with Crippen LogP contribution in [0, 0.1) is 0 Å². The van der Waals surface area contributed by atoms with Crippen molar-refractivity contribution in [1.29, 1.82) is 0 Å². The van der Waals surface area contributed by atoms with Crippen LogP contribution in [0.3, 0.4) is 0 Å². The normalized spacial score (nSPS) is 14.4. The smallest absolute Gasteiger partial charge is 0.398 e. The summed E-state index contributed by atoms with van der Waals surface area (Å²) in [6, 6.07) is 6.59. The lowest BCUT2D eigenvalue weighted by molar-refractivity contribution is -0.376. The average molecular weight is 590 g/mol. The van der Waals surface area contributed by atoms with Gasteiger partial charge < -0.3 is 21.7 Å². The summed E-state index contributed by atoms with van der Waals surface area (Å²) in [6.07, 6.45) is -25.0. The van der Waals surface area contributed by atoms with E-state index in [4.69, 9.17) is 11.5 Å². The second-order valence-electron chi connectivity index (χ2n) is 9.04. The number of benzene rings is 4. The Morgan fingerprint density at radius 3 is 0.800 bits per heavy atom. The molecule has 0 atom stereocenters. The minimum atomic E-state index is -6.25. The Labute approximate surface area is 214 Å². The fourth-order valence-electron chi connectivity index (χ4n) is 4.45. The van der Waals surface area contributed by atoms with Gasteiger partial charge in [0.05, 0.1) is 0 Å². The maximum atomic E-state index is 13.4. The molecule has 0 unspecified atom stereocenters. The van der Waals surface area contributed by atoms with Gasteiger partial charge in [-0.25, -0.2) is 0 Å². The van der Waals surface area contributed by atoms with Gasteiger partial charge in [0.25, 0.3) is 11.2 Å². The SMILES string of the molecule is Nc1cc2cc3cc4cc(N)c(C(O)(C(F)(F)F)C(F)(F)F)cc4cc3cc2cc1C(O)(C(F)(F)F)C(F)(F)F. The van der Waals surface area contributed by atoms with Gasteiger partial charge in [-0.2, -0.15) is 52.7 Å². The number of hydrogen-bond donors (Lipinski definition) is 4. The first kappa shape index (κ1) is 29.3. The van der Waals surface area contributed by atoms with Crippen LogP contribution in [0.2, 0.25) is 0 Å². The van der Waals surface area contributed by atoms with Crippen LogP contribution in [0.15, 0.2) is 48.5 Å². The van der Waals surface area contributed by atoms with E-state index in [1.54, 1.807) is 0 Å². The molecule has 6 N–H and O–H groups in total. The molecule has 0 fully saturated rings. The molecule has 0 aromatic heterocycles. The molecule has 216 valence electrons. The first-order valence-corrected chi connectivity index (χ1v) is 10.7. The Kier molecular flexibility index (Phi) is 6.18. The van der Waals surface area contributed by atoms with E-state index in [2.05, 4.69) is 0 Å². The van der Waals surface area contributed by atoms with Gasteiger partial charge in [-0.15, -0.1) is 0 Å². The number of alkyl halides is 12. The number of aliphatic hydroxyl groups is 2. The Morgan fingerprint density at radius 1 is 0.375 bits per heavy atom. The van der Waals surface area contributed by atoms with E-state index in [0.717, 1.165) is 24.3 Å². The zero-order valence-electron chi connectivity index (χ0n) is 19.2. The van der Waals surface area contributed by atoms with Crippen LogP contribution in [-0.4, -0.2) is 34.9 Å². The van der Waals surface area contributed by atoms with Gasteiger partial charge in [-0.05, 0) is 80.8 Å². The van der Waals surface area contributed by atoms with Crippen molar-refractivity contribution in [3.63, 3.8) is 0 Å². The molecule has 16 heteroatoms. The van der Waals surface area contributed by atoms with Crippen LogP contribution < -0.4 is 11.5 Å². The lowest BCUT2D eigenvalue weighted by Gasteiger charge is -2.33. The maximum Gasteiger partial charge on any atom is 0.430 e. The fourth-order valence-corrected chi connectivity index (χ4v) is 4.45. The zero-order chi connectivity index (χ0) is 30.4. The van der Waals surface area contributed by atoms with Crippen molar-refractivity contribution >= 4 is 43.7 Å². The second-order valence-corrected chi connectivity index (χ2v) is 9.04. The quantitative estimate of drug-likeness (QED) is 0.116. The highest BCUT2D eigenvalue weighted by Crippen LogP contribution is 2.53. The van der Waals surface area contributed by atoms with E-state index in [1.807, 2.05) is 0 Å². The molecular formula is C24H14F12N2O2. The number of rotatable bonds is 2. The number of nitrogen functional groups attached to an aromatic ring is 2. The van der Waals surface area contributed by atoms with E-state index >= 15 is 0 Å². The minimum Gasteiger partial charge on any atom is -0.398 e. The summed E-state index contributed by atoms with van der Waals surface area (Å²) >= 11 is 0. The summed E-state index contributed by atoms with van der Waals surface area (Å²) in [5.74, 6) is 0. The van der Waals surface area contributed by atoms with Gasteiger partial charge in [0.15, 0.2) is 0 Å². The summed E-state index contributed by atoms with van der Waals surface area (Å²) in [5.41, 5.74) is -5.39. The van der Waals surface area contributed by atoms with E-state index < -0.39 is 58.4 Å². The number of hydrogen-bond acceptors (Lipinski definition) is 4. The van der Waals surface area contributed by atoms with Crippen molar-refractivity contribution < 1.29 is 62.9 Å². The fraction of sp³-hybridized carbons (Fsp3) is 0.250. The van der Waals surface area contributed by atoms with E-state index in [0.29, 0.717) is 12.1 Å². The molecule has 4 rings (SSSR count). The van der Waals surface area contributed by atoms with Crippen LogP contribution in [0.25, 0.3) is 32.3 Å². The first-order chi connectivity index (χ1) is 17.9. The lowest BCUT2D eigenvalue weighted by Crippen LogP contribution is -2.54. The third-order valence-corrected chi connectivity index (χ3v) is 6.51. The average Bonchev–Trinajstić information content (AvgIpc) is 2.77. The Balaban J connectivity index is 2.01. The number of nitrogens with two attached hydrogens (primary N) is 2. The molecule has 0 saturated heterocycles. The third-order valence-electron chi connectivity index (χ3n) is 6.51. The highest BCUT2D eigenvalue weighted by Gasteiger charge is 2.73. The molecule has 4 nitrogen and oxygen atoms in total. The first-order valence-electron chi connectivity index (χ1n) is 10.7. The van der Waals surface area contributed by atoms with Gasteiger partial charge >= 0.3 is 24.7 Å². The predicted octanol–water partition coefficient (Wildman–Crippen LogP) is 6.94. The molecule has 0 bridgehead atoms. The summed E-state index contributed by atoms with van der Waals surface area (Å²) in [4.78, 5) is 0. The van der Waals surface area contributed by atoms with Crippen molar-refractivity contribution in [3.05, 3.63) is 59.7 Å². The topological polar surface area (TPSA) is 92.5 Å². The van der Waals surface area contributed by atoms with Crippen LogP contribution in [0.4, 0.5) is 64.1 Å². The molecule has 0 saturated carbocycles. The number of halogens is 12. The minimum absolute atomic E-state index is 0.00657. The molecule has 0 aliphatic carbocycles. The number of fused-ring (bicyclic) bond motifs is 3. The van der Waals surface area contributed by atoms with Crippen LogP contribution in [0.5, 0.6) is 0 Å². The van der Waals surface area contributed by atoms with Crippen LogP contribution in [-0.2, 0) is 11.2 Å². The summed E-state index contributed by atoms with van der Waals surface area (Å²) < 4.78 is 161. The molecule has 0 amide bonds. The maximum absolute atomic E-state index is 13.4. The van der Waals surface area contributed by atoms with Crippen molar-refractivity contribution in [1.82, 2.24) is 0 Å². The highest BCUT2D eigenvalue weighted by molar-refractivity contribution is 6.06. The molecular weight excluding hydrogens is 576 g/mol. The largest absolute Gasteiger partial charge is 0.430 e. The molecule has 0 spiro atoms. The molecule has 40 heavy (non-hydrogen) atoms. The van der Waals surface area contributed by atoms with E-state index in [9.17, 15) is 62.9 Å². The van der Waals surface area contributed by atoms with Gasteiger partial charge in [0.2, 0.25) is 0 Å². The van der Waals surface area contributed by atoms with Crippen molar-refractivity contribution in [2.45, 2.75) is 35.9 Å². The van der Waals surface area contributed by atoms with Gasteiger partial charge in [0.1, 0.15) is 0 Å². The second kappa shape index (κ2) is 8.42. The highest BCUT2D eigenvalue weighted by atomic mass is 19.4. The Morgan fingerprint density at radius 2 is 0.575 bits per heavy atom. The molecule has 4 aromatic carbocycles. The molecule has 0 aliphatic heterocycles. The van der Waals surface area contributed by atoms with Crippen LogP contribution in [0.1, 0.15) is 11.1 Å². The Hall–Kier alpha value is -3.66. The standard InChI is InChI=1S/C24H14F12N2O2/c25-21(26,27)19(39,22(28,29)30)15-5-11-1-9-2-12-6-16(20(40,23(31,32)33)24(34,35)36)18(38)8-14(12)4-10(9)3-13(11)7-17(15)37/h1-8,39-40H,37-38H2. The third kappa shape index (κ3) is 4.11. The molecule has 0 aliphatic rings. The molecule has 4 aromatic rings. The number of anilines is 2. The van der Waals surface area contributed by atoms with Crippen molar-refractivity contribution in [3.8, 4) is 0 Å². The van der Waals surface area contributed by atoms with Crippen LogP contribution >= 0.6 is 0 Å².